The summed E-state index contributed by atoms with van der Waals surface area (Å²) >= 11 is 0. The van der Waals surface area contributed by atoms with Crippen LogP contribution in [-0.4, -0.2) is 26.3 Å². The van der Waals surface area contributed by atoms with Crippen LogP contribution < -0.4 is 0 Å². The SMILES string of the molecule is Cc1ccccc1Cn1cccc1CN(C(=O)c1ccc(C)c([N+](=O)[O-])c1)C1CCCCC1. The third kappa shape index (κ3) is 5.16. The molecule has 0 saturated heterocycles. The van der Waals surface area contributed by atoms with E-state index in [1.165, 1.54) is 23.6 Å². The van der Waals surface area contributed by atoms with Crippen molar-refractivity contribution in [3.63, 3.8) is 0 Å². The molecule has 0 bridgehead atoms. The predicted octanol–water partition coefficient (Wildman–Crippen LogP) is 6.04. The van der Waals surface area contributed by atoms with Crippen LogP contribution in [-0.2, 0) is 13.1 Å². The highest BCUT2D eigenvalue weighted by Crippen LogP contribution is 2.28. The summed E-state index contributed by atoms with van der Waals surface area (Å²) in [5.74, 6) is -0.131. The number of benzene rings is 2. The molecule has 1 heterocycles. The van der Waals surface area contributed by atoms with Crippen molar-refractivity contribution in [2.24, 2.45) is 0 Å². The maximum absolute atomic E-state index is 13.7. The molecule has 6 nitrogen and oxygen atoms in total. The minimum absolute atomic E-state index is 0.00706. The molecule has 1 saturated carbocycles. The Hall–Kier alpha value is -3.41. The van der Waals surface area contributed by atoms with Crippen LogP contribution in [0.1, 0.15) is 64.8 Å². The van der Waals surface area contributed by atoms with Gasteiger partial charge in [0.05, 0.1) is 11.5 Å². The van der Waals surface area contributed by atoms with E-state index in [9.17, 15) is 14.9 Å². The summed E-state index contributed by atoms with van der Waals surface area (Å²) in [7, 11) is 0. The van der Waals surface area contributed by atoms with Gasteiger partial charge in [0, 0.05) is 41.7 Å². The Labute approximate surface area is 195 Å². The lowest BCUT2D eigenvalue weighted by atomic mass is 9.93. The molecule has 0 atom stereocenters. The zero-order valence-corrected chi connectivity index (χ0v) is 19.4. The molecule has 1 amide bonds. The molecule has 0 spiro atoms. The maximum Gasteiger partial charge on any atom is 0.273 e. The lowest BCUT2D eigenvalue weighted by Gasteiger charge is -2.35. The van der Waals surface area contributed by atoms with E-state index < -0.39 is 4.92 Å². The van der Waals surface area contributed by atoms with E-state index in [0.717, 1.165) is 37.9 Å². The summed E-state index contributed by atoms with van der Waals surface area (Å²) in [6.07, 6.45) is 7.40. The van der Waals surface area contributed by atoms with Crippen molar-refractivity contribution in [1.29, 1.82) is 0 Å². The van der Waals surface area contributed by atoms with Crippen LogP contribution in [0.3, 0.4) is 0 Å². The molecule has 4 rings (SSSR count). The van der Waals surface area contributed by atoms with Crippen LogP contribution in [0.2, 0.25) is 0 Å². The third-order valence-electron chi connectivity index (χ3n) is 6.79. The standard InChI is InChI=1S/C27H31N3O3/c1-20-9-6-7-10-23(20)18-28-16-8-13-25(28)19-29(24-11-4-3-5-12-24)27(31)22-15-14-21(2)26(17-22)30(32)33/h6-10,13-17,24H,3-5,11-12,18-19H2,1-2H3. The second kappa shape index (κ2) is 10.0. The first kappa shape index (κ1) is 22.8. The molecule has 172 valence electrons. The normalized spacial score (nSPS) is 14.2. The minimum atomic E-state index is -0.412. The highest BCUT2D eigenvalue weighted by atomic mass is 16.6. The van der Waals surface area contributed by atoms with Gasteiger partial charge in [0.1, 0.15) is 0 Å². The van der Waals surface area contributed by atoms with E-state index in [2.05, 4.69) is 35.9 Å². The number of hydrogen-bond acceptors (Lipinski definition) is 3. The van der Waals surface area contributed by atoms with Crippen LogP contribution in [0, 0.1) is 24.0 Å². The van der Waals surface area contributed by atoms with Crippen molar-refractivity contribution in [2.45, 2.75) is 65.1 Å². The van der Waals surface area contributed by atoms with Gasteiger partial charge in [0.15, 0.2) is 0 Å². The second-order valence-electron chi connectivity index (χ2n) is 9.04. The number of hydrogen-bond donors (Lipinski definition) is 0. The molecule has 0 aliphatic heterocycles. The highest BCUT2D eigenvalue weighted by molar-refractivity contribution is 5.95. The Morgan fingerprint density at radius 1 is 1.03 bits per heavy atom. The Kier molecular flexibility index (Phi) is 6.92. The van der Waals surface area contributed by atoms with Gasteiger partial charge in [-0.1, -0.05) is 49.6 Å². The van der Waals surface area contributed by atoms with Crippen molar-refractivity contribution in [1.82, 2.24) is 9.47 Å². The van der Waals surface area contributed by atoms with Crippen molar-refractivity contribution < 1.29 is 9.72 Å². The number of nitrogens with zero attached hydrogens (tertiary/aromatic N) is 3. The van der Waals surface area contributed by atoms with Gasteiger partial charge in [-0.3, -0.25) is 14.9 Å². The van der Waals surface area contributed by atoms with Gasteiger partial charge in [-0.15, -0.1) is 0 Å². The fourth-order valence-electron chi connectivity index (χ4n) is 4.76. The number of carbonyl (C=O) groups excluding carboxylic acids is 1. The number of amides is 1. The largest absolute Gasteiger partial charge is 0.345 e. The van der Waals surface area contributed by atoms with Crippen molar-refractivity contribution >= 4 is 11.6 Å². The van der Waals surface area contributed by atoms with Gasteiger partial charge in [0.25, 0.3) is 11.6 Å². The zero-order valence-electron chi connectivity index (χ0n) is 19.4. The number of nitro groups is 1. The van der Waals surface area contributed by atoms with Gasteiger partial charge in [-0.25, -0.2) is 0 Å². The highest BCUT2D eigenvalue weighted by Gasteiger charge is 2.28. The molecule has 1 fully saturated rings. The molecule has 33 heavy (non-hydrogen) atoms. The van der Waals surface area contributed by atoms with Gasteiger partial charge < -0.3 is 9.47 Å². The van der Waals surface area contributed by atoms with E-state index in [0.29, 0.717) is 17.7 Å². The Bertz CT molecular complexity index is 1150. The molecule has 1 aliphatic rings. The van der Waals surface area contributed by atoms with Gasteiger partial charge in [-0.05, 0) is 56.0 Å². The summed E-state index contributed by atoms with van der Waals surface area (Å²) in [5, 5.41) is 11.4. The average molecular weight is 446 g/mol. The summed E-state index contributed by atoms with van der Waals surface area (Å²) in [6.45, 7) is 5.05. The quantitative estimate of drug-likeness (QED) is 0.329. The molecule has 3 aromatic rings. The van der Waals surface area contributed by atoms with Crippen molar-refractivity contribution in [3.8, 4) is 0 Å². The van der Waals surface area contributed by atoms with Gasteiger partial charge in [0.2, 0.25) is 0 Å². The number of nitro benzene ring substituents is 1. The smallest absolute Gasteiger partial charge is 0.273 e. The number of carbonyl (C=O) groups is 1. The second-order valence-corrected chi connectivity index (χ2v) is 9.04. The zero-order chi connectivity index (χ0) is 23.4. The van der Waals surface area contributed by atoms with E-state index >= 15 is 0 Å². The molecule has 2 aromatic carbocycles. The predicted molar refractivity (Wildman–Crippen MR) is 129 cm³/mol. The van der Waals surface area contributed by atoms with Crippen molar-refractivity contribution in [3.05, 3.63) is 98.9 Å². The number of aromatic nitrogens is 1. The van der Waals surface area contributed by atoms with E-state index in [-0.39, 0.29) is 17.6 Å². The van der Waals surface area contributed by atoms with Crippen molar-refractivity contribution in [2.75, 3.05) is 0 Å². The topological polar surface area (TPSA) is 68.4 Å². The first-order chi connectivity index (χ1) is 15.9. The van der Waals surface area contributed by atoms with Crippen LogP contribution >= 0.6 is 0 Å². The monoisotopic (exact) mass is 445 g/mol. The number of rotatable bonds is 7. The van der Waals surface area contributed by atoms with Gasteiger partial charge >= 0.3 is 0 Å². The molecule has 0 unspecified atom stereocenters. The first-order valence-electron chi connectivity index (χ1n) is 11.7. The molecular formula is C27H31N3O3. The third-order valence-corrected chi connectivity index (χ3v) is 6.79. The lowest BCUT2D eigenvalue weighted by Crippen LogP contribution is -2.41. The Morgan fingerprint density at radius 2 is 1.79 bits per heavy atom. The van der Waals surface area contributed by atoms with Gasteiger partial charge in [-0.2, -0.15) is 0 Å². The summed E-state index contributed by atoms with van der Waals surface area (Å²) < 4.78 is 2.20. The van der Waals surface area contributed by atoms with E-state index in [1.807, 2.05) is 23.1 Å². The summed E-state index contributed by atoms with van der Waals surface area (Å²) in [4.78, 5) is 26.7. The molecule has 0 radical (unpaired) electrons. The van der Waals surface area contributed by atoms with Crippen LogP contribution in [0.5, 0.6) is 0 Å². The Balaban J connectivity index is 1.63. The molecule has 0 N–H and O–H groups in total. The molecular weight excluding hydrogens is 414 g/mol. The summed E-state index contributed by atoms with van der Waals surface area (Å²) in [5.41, 5.74) is 4.50. The maximum atomic E-state index is 13.7. The first-order valence-corrected chi connectivity index (χ1v) is 11.7. The van der Waals surface area contributed by atoms with Crippen LogP contribution in [0.4, 0.5) is 5.69 Å². The minimum Gasteiger partial charge on any atom is -0.345 e. The average Bonchev–Trinajstić information content (AvgIpc) is 3.26. The number of aryl methyl sites for hydroxylation is 2. The molecule has 1 aromatic heterocycles. The Morgan fingerprint density at radius 3 is 2.52 bits per heavy atom. The van der Waals surface area contributed by atoms with E-state index in [4.69, 9.17) is 0 Å². The van der Waals surface area contributed by atoms with Crippen LogP contribution in [0.25, 0.3) is 0 Å². The molecule has 6 heteroatoms. The van der Waals surface area contributed by atoms with E-state index in [1.54, 1.807) is 19.1 Å². The lowest BCUT2D eigenvalue weighted by molar-refractivity contribution is -0.385. The summed E-state index contributed by atoms with van der Waals surface area (Å²) in [6, 6.07) is 17.4. The van der Waals surface area contributed by atoms with Crippen LogP contribution in [0.15, 0.2) is 60.8 Å². The fourth-order valence-corrected chi connectivity index (χ4v) is 4.76. The molecule has 1 aliphatic carbocycles. The fraction of sp³-hybridized carbons (Fsp3) is 0.370.